The minimum Gasteiger partial charge on any atom is -0.131 e. The highest BCUT2D eigenvalue weighted by Crippen LogP contribution is 2.30. The third-order valence-electron chi connectivity index (χ3n) is 11.3. The van der Waals surface area contributed by atoms with Gasteiger partial charge >= 0.3 is 0 Å². The van der Waals surface area contributed by atoms with Crippen LogP contribution in [0.4, 0.5) is 0 Å². The number of hydrogen-bond donors (Lipinski definition) is 0. The molecule has 314 valence electrons. The second-order valence-corrected chi connectivity index (χ2v) is 20.3. The average Bonchev–Trinajstić information content (AvgIpc) is 3.63. The third-order valence-corrected chi connectivity index (χ3v) is 14.7. The topological polar surface area (TPSA) is 25.8 Å². The standard InChI is InChI=1S/C48H94N2S3/c1-3-5-7-9-11-13-15-17-19-21-23-25-27-29-31-33-35-37-39-41-43-45-51-47-49-50-48(53-47)52-46-44-42-40-38-36-34-32-30-28-26-24-22-20-18-16-14-12-10-8-6-4-2/h3-46H2,1-2H3. The van der Waals surface area contributed by atoms with Gasteiger partial charge in [-0.3, -0.25) is 0 Å². The van der Waals surface area contributed by atoms with Gasteiger partial charge in [-0.05, 0) is 12.8 Å². The number of unbranched alkanes of at least 4 members (excludes halogenated alkanes) is 40. The smallest absolute Gasteiger partial charge is 0.131 e. The Morgan fingerprint density at radius 3 is 0.623 bits per heavy atom. The first-order chi connectivity index (χ1) is 26.4. The van der Waals surface area contributed by atoms with Gasteiger partial charge in [0.05, 0.1) is 0 Å². The predicted octanol–water partition coefficient (Wildman–Crippen LogP) is 19.1. The van der Waals surface area contributed by atoms with E-state index in [1.807, 2.05) is 34.9 Å². The molecule has 0 amide bonds. The van der Waals surface area contributed by atoms with E-state index in [4.69, 9.17) is 0 Å². The van der Waals surface area contributed by atoms with E-state index in [0.29, 0.717) is 0 Å². The highest BCUT2D eigenvalue weighted by Gasteiger charge is 2.06. The van der Waals surface area contributed by atoms with Crippen molar-refractivity contribution in [3.05, 3.63) is 0 Å². The van der Waals surface area contributed by atoms with E-state index in [0.717, 1.165) is 0 Å². The van der Waals surface area contributed by atoms with Gasteiger partial charge in [0.1, 0.15) is 0 Å². The van der Waals surface area contributed by atoms with Gasteiger partial charge in [-0.25, -0.2) is 0 Å². The van der Waals surface area contributed by atoms with Gasteiger partial charge in [-0.2, -0.15) is 0 Å². The van der Waals surface area contributed by atoms with Gasteiger partial charge in [0.2, 0.25) is 0 Å². The molecule has 53 heavy (non-hydrogen) atoms. The maximum absolute atomic E-state index is 4.46. The van der Waals surface area contributed by atoms with Crippen LogP contribution in [0.25, 0.3) is 0 Å². The second-order valence-electron chi connectivity index (χ2n) is 16.7. The summed E-state index contributed by atoms with van der Waals surface area (Å²) >= 11 is 5.68. The molecular weight excluding hydrogens is 701 g/mol. The first kappa shape index (κ1) is 51.3. The quantitative estimate of drug-likeness (QED) is 0.0485. The first-order valence-electron chi connectivity index (χ1n) is 24.5. The molecule has 0 aliphatic heterocycles. The molecule has 1 aromatic rings. The zero-order valence-electron chi connectivity index (χ0n) is 36.2. The zero-order chi connectivity index (χ0) is 37.8. The lowest BCUT2D eigenvalue weighted by atomic mass is 10.0. The van der Waals surface area contributed by atoms with Crippen LogP contribution in [-0.4, -0.2) is 21.7 Å². The van der Waals surface area contributed by atoms with Gasteiger partial charge in [0.25, 0.3) is 0 Å². The predicted molar refractivity (Wildman–Crippen MR) is 247 cm³/mol. The van der Waals surface area contributed by atoms with Crippen LogP contribution in [-0.2, 0) is 0 Å². The van der Waals surface area contributed by atoms with Gasteiger partial charge in [-0.15, -0.1) is 10.2 Å². The van der Waals surface area contributed by atoms with E-state index < -0.39 is 0 Å². The molecule has 0 unspecified atom stereocenters. The molecule has 1 heterocycles. The van der Waals surface area contributed by atoms with Crippen molar-refractivity contribution in [3.63, 3.8) is 0 Å². The molecule has 0 fully saturated rings. The van der Waals surface area contributed by atoms with Crippen LogP contribution in [0.15, 0.2) is 8.68 Å². The lowest BCUT2D eigenvalue weighted by Crippen LogP contribution is -1.85. The van der Waals surface area contributed by atoms with E-state index >= 15 is 0 Å². The fourth-order valence-corrected chi connectivity index (χ4v) is 10.9. The summed E-state index contributed by atoms with van der Waals surface area (Å²) in [6.07, 6.45) is 60.8. The number of nitrogens with zero attached hydrogens (tertiary/aromatic N) is 2. The monoisotopic (exact) mass is 795 g/mol. The summed E-state index contributed by atoms with van der Waals surface area (Å²) in [5, 5.41) is 8.92. The highest BCUT2D eigenvalue weighted by atomic mass is 32.2. The lowest BCUT2D eigenvalue weighted by molar-refractivity contribution is 0.521. The second kappa shape index (κ2) is 45.0. The molecule has 0 saturated carbocycles. The van der Waals surface area contributed by atoms with E-state index in [9.17, 15) is 0 Å². The third kappa shape index (κ3) is 40.3. The number of aromatic nitrogens is 2. The summed E-state index contributed by atoms with van der Waals surface area (Å²) in [6.45, 7) is 4.62. The molecule has 2 nitrogen and oxygen atoms in total. The van der Waals surface area contributed by atoms with Crippen molar-refractivity contribution >= 4 is 34.9 Å². The van der Waals surface area contributed by atoms with Gasteiger partial charge < -0.3 is 0 Å². The molecule has 0 aromatic carbocycles. The van der Waals surface area contributed by atoms with Crippen molar-refractivity contribution in [2.24, 2.45) is 0 Å². The van der Waals surface area contributed by atoms with Gasteiger partial charge in [0, 0.05) is 11.5 Å². The number of hydrogen-bond acceptors (Lipinski definition) is 5. The van der Waals surface area contributed by atoms with Crippen molar-refractivity contribution in [1.29, 1.82) is 0 Å². The highest BCUT2D eigenvalue weighted by molar-refractivity contribution is 8.03. The first-order valence-corrected chi connectivity index (χ1v) is 27.2. The van der Waals surface area contributed by atoms with Crippen LogP contribution < -0.4 is 0 Å². The van der Waals surface area contributed by atoms with Crippen LogP contribution >= 0.6 is 34.9 Å². The van der Waals surface area contributed by atoms with Crippen LogP contribution in [0.1, 0.15) is 284 Å². The minimum atomic E-state index is 1.18. The fraction of sp³-hybridized carbons (Fsp3) is 0.958. The van der Waals surface area contributed by atoms with E-state index in [1.54, 1.807) is 0 Å². The SMILES string of the molecule is CCCCCCCCCCCCCCCCCCCCCCCSc1nnc(SCCCCCCCCCCCCCCCCCCCCCCC)s1. The molecule has 0 radical (unpaired) electrons. The molecule has 1 aromatic heterocycles. The van der Waals surface area contributed by atoms with Gasteiger partial charge in [-0.1, -0.05) is 306 Å². The minimum absolute atomic E-state index is 1.18. The van der Waals surface area contributed by atoms with Crippen molar-refractivity contribution in [2.45, 2.75) is 292 Å². The molecular formula is C48H94N2S3. The molecule has 5 heteroatoms. The summed E-state index contributed by atoms with van der Waals surface area (Å²) in [6, 6.07) is 0. The molecule has 0 spiro atoms. The summed E-state index contributed by atoms with van der Waals surface area (Å²) in [5.74, 6) is 2.41. The van der Waals surface area contributed by atoms with Crippen LogP contribution in [0, 0.1) is 0 Å². The lowest BCUT2D eigenvalue weighted by Gasteiger charge is -2.04. The number of rotatable bonds is 46. The molecule has 0 saturated heterocycles. The maximum atomic E-state index is 4.46. The van der Waals surface area contributed by atoms with Crippen LogP contribution in [0.2, 0.25) is 0 Å². The van der Waals surface area contributed by atoms with Crippen LogP contribution in [0.5, 0.6) is 0 Å². The average molecular weight is 795 g/mol. The van der Waals surface area contributed by atoms with E-state index in [-0.39, 0.29) is 0 Å². The van der Waals surface area contributed by atoms with Crippen molar-refractivity contribution in [2.75, 3.05) is 11.5 Å². The van der Waals surface area contributed by atoms with Gasteiger partial charge in [0.15, 0.2) is 8.68 Å². The van der Waals surface area contributed by atoms with E-state index in [2.05, 4.69) is 24.0 Å². The Bertz CT molecular complexity index is 737. The molecule has 0 atom stereocenters. The molecule has 1 rings (SSSR count). The van der Waals surface area contributed by atoms with E-state index in [1.165, 1.54) is 290 Å². The zero-order valence-corrected chi connectivity index (χ0v) is 38.7. The van der Waals surface area contributed by atoms with Crippen LogP contribution in [0.3, 0.4) is 0 Å². The molecule has 0 bridgehead atoms. The summed E-state index contributed by atoms with van der Waals surface area (Å²) in [4.78, 5) is 0. The largest absolute Gasteiger partial charge is 0.175 e. The Labute approximate surface area is 347 Å². The van der Waals surface area contributed by atoms with Crippen molar-refractivity contribution < 1.29 is 0 Å². The molecule has 0 aliphatic carbocycles. The summed E-state index contributed by atoms with van der Waals surface area (Å²) in [5.41, 5.74) is 0. The van der Waals surface area contributed by atoms with Crippen molar-refractivity contribution in [1.82, 2.24) is 10.2 Å². The molecule has 0 N–H and O–H groups in total. The summed E-state index contributed by atoms with van der Waals surface area (Å²) < 4.78 is 2.36. The number of thioether (sulfide) groups is 2. The van der Waals surface area contributed by atoms with Crippen molar-refractivity contribution in [3.8, 4) is 0 Å². The normalized spacial score (nSPS) is 11.7. The molecule has 0 aliphatic rings. The fourth-order valence-electron chi connectivity index (χ4n) is 7.70. The Morgan fingerprint density at radius 1 is 0.264 bits per heavy atom. The Kier molecular flexibility index (Phi) is 43.5. The Morgan fingerprint density at radius 2 is 0.434 bits per heavy atom. The Balaban J connectivity index is 1.73. The maximum Gasteiger partial charge on any atom is 0.175 e. The summed E-state index contributed by atoms with van der Waals surface area (Å²) in [7, 11) is 0. The Hall–Kier alpha value is 0.260.